The Bertz CT molecular complexity index is 697. The van der Waals surface area contributed by atoms with Gasteiger partial charge in [0.1, 0.15) is 22.7 Å². The number of rotatable bonds is 7. The smallest absolute Gasteiger partial charge is 0.326 e. The lowest BCUT2D eigenvalue weighted by Gasteiger charge is -2.21. The quantitative estimate of drug-likeness (QED) is 0.455. The summed E-state index contributed by atoms with van der Waals surface area (Å²) in [7, 11) is 0. The molecule has 1 saturated heterocycles. The van der Waals surface area contributed by atoms with Gasteiger partial charge in [-0.2, -0.15) is 0 Å². The van der Waals surface area contributed by atoms with Crippen molar-refractivity contribution in [3.05, 3.63) is 47.4 Å². The van der Waals surface area contributed by atoms with Crippen molar-refractivity contribution in [1.82, 2.24) is 4.90 Å². The topological polar surface area (TPSA) is 66.8 Å². The normalized spacial score (nSPS) is 17.2. The molecule has 1 heterocycles. The van der Waals surface area contributed by atoms with Gasteiger partial charge in [0.25, 0.3) is 5.91 Å². The van der Waals surface area contributed by atoms with Crippen LogP contribution in [-0.4, -0.2) is 38.9 Å². The summed E-state index contributed by atoms with van der Waals surface area (Å²) >= 11 is 6.29. The molecule has 0 aliphatic carbocycles. The lowest BCUT2D eigenvalue weighted by molar-refractivity contribution is -0.145. The average Bonchev–Trinajstić information content (AvgIpc) is 2.82. The molecule has 1 amide bonds. The number of benzene rings is 1. The van der Waals surface area contributed by atoms with E-state index in [-0.39, 0.29) is 10.2 Å². The van der Waals surface area contributed by atoms with Gasteiger partial charge < -0.3 is 9.84 Å². The summed E-state index contributed by atoms with van der Waals surface area (Å²) in [4.78, 5) is 25.4. The Morgan fingerprint density at radius 1 is 1.46 bits per heavy atom. The lowest BCUT2D eigenvalue weighted by Crippen LogP contribution is -2.43. The standard InChI is InChI=1S/C17H17NO4S2/c1-3-9-22-12-7-5-11(6-8-12)10-14-15(19)18(17(23)24-14)13(4-2)16(20)21/h3,5-8,10,13H,1,4,9H2,2H3,(H,20,21)/b14-10-. The number of carbonyl (C=O) groups excluding carboxylic acids is 1. The molecule has 5 nitrogen and oxygen atoms in total. The number of amides is 1. The van der Waals surface area contributed by atoms with Gasteiger partial charge in [-0.15, -0.1) is 0 Å². The number of nitrogens with zero attached hydrogens (tertiary/aromatic N) is 1. The monoisotopic (exact) mass is 363 g/mol. The minimum Gasteiger partial charge on any atom is -0.490 e. The number of aliphatic carboxylic acids is 1. The van der Waals surface area contributed by atoms with Gasteiger partial charge in [0.15, 0.2) is 0 Å². The first-order valence-electron chi connectivity index (χ1n) is 7.31. The fourth-order valence-electron chi connectivity index (χ4n) is 2.18. The number of ether oxygens (including phenoxy) is 1. The van der Waals surface area contributed by atoms with Crippen LogP contribution in [0.25, 0.3) is 6.08 Å². The Morgan fingerprint density at radius 2 is 2.12 bits per heavy atom. The molecular formula is C17H17NO4S2. The molecule has 1 fully saturated rings. The second-order valence-electron chi connectivity index (χ2n) is 4.98. The maximum Gasteiger partial charge on any atom is 0.326 e. The summed E-state index contributed by atoms with van der Waals surface area (Å²) in [5.41, 5.74) is 0.810. The predicted octanol–water partition coefficient (Wildman–Crippen LogP) is 3.32. The van der Waals surface area contributed by atoms with Gasteiger partial charge in [0, 0.05) is 0 Å². The third-order valence-corrected chi connectivity index (χ3v) is 4.68. The second-order valence-corrected chi connectivity index (χ2v) is 6.66. The fraction of sp³-hybridized carbons (Fsp3) is 0.235. The van der Waals surface area contributed by atoms with Crippen molar-refractivity contribution in [2.45, 2.75) is 19.4 Å². The van der Waals surface area contributed by atoms with Crippen LogP contribution >= 0.6 is 24.0 Å². The molecule has 7 heteroatoms. The molecule has 0 radical (unpaired) electrons. The Balaban J connectivity index is 2.19. The number of hydrogen-bond donors (Lipinski definition) is 1. The number of carboxylic acids is 1. The van der Waals surface area contributed by atoms with E-state index in [0.717, 1.165) is 17.3 Å². The molecule has 1 unspecified atom stereocenters. The molecule has 0 saturated carbocycles. The molecule has 1 N–H and O–H groups in total. The van der Waals surface area contributed by atoms with Crippen LogP contribution in [0.5, 0.6) is 5.75 Å². The van der Waals surface area contributed by atoms with E-state index in [2.05, 4.69) is 6.58 Å². The van der Waals surface area contributed by atoms with Crippen LogP contribution in [0.1, 0.15) is 18.9 Å². The molecule has 24 heavy (non-hydrogen) atoms. The number of carbonyl (C=O) groups is 2. The summed E-state index contributed by atoms with van der Waals surface area (Å²) in [6.07, 6.45) is 3.65. The molecular weight excluding hydrogens is 346 g/mol. The molecule has 1 aromatic carbocycles. The molecule has 1 aliphatic heterocycles. The highest BCUT2D eigenvalue weighted by atomic mass is 32.2. The van der Waals surface area contributed by atoms with E-state index in [9.17, 15) is 14.7 Å². The average molecular weight is 363 g/mol. The largest absolute Gasteiger partial charge is 0.490 e. The zero-order chi connectivity index (χ0) is 17.7. The number of thiocarbonyl (C=S) groups is 1. The van der Waals surface area contributed by atoms with Crippen molar-refractivity contribution < 1.29 is 19.4 Å². The molecule has 0 bridgehead atoms. The van der Waals surface area contributed by atoms with Gasteiger partial charge in [0.05, 0.1) is 4.91 Å². The molecule has 1 atom stereocenters. The zero-order valence-electron chi connectivity index (χ0n) is 13.1. The van der Waals surface area contributed by atoms with Gasteiger partial charge in [0.2, 0.25) is 0 Å². The third-order valence-electron chi connectivity index (χ3n) is 3.35. The highest BCUT2D eigenvalue weighted by Gasteiger charge is 2.39. The first-order chi connectivity index (χ1) is 11.5. The summed E-state index contributed by atoms with van der Waals surface area (Å²) in [5.74, 6) is -0.721. The molecule has 1 aliphatic rings. The fourth-order valence-corrected chi connectivity index (χ4v) is 3.54. The van der Waals surface area contributed by atoms with Crippen molar-refractivity contribution >= 4 is 46.3 Å². The third kappa shape index (κ3) is 4.04. The van der Waals surface area contributed by atoms with E-state index in [4.69, 9.17) is 17.0 Å². The Hall–Kier alpha value is -2.12. The van der Waals surface area contributed by atoms with Crippen molar-refractivity contribution in [2.24, 2.45) is 0 Å². The van der Waals surface area contributed by atoms with Crippen LogP contribution in [0.4, 0.5) is 0 Å². The van der Waals surface area contributed by atoms with E-state index < -0.39 is 12.0 Å². The van der Waals surface area contributed by atoms with Gasteiger partial charge in [-0.05, 0) is 30.2 Å². The maximum atomic E-state index is 12.5. The molecule has 126 valence electrons. The number of carboxylic acid groups (broad SMARTS) is 1. The van der Waals surface area contributed by atoms with E-state index in [1.54, 1.807) is 31.2 Å². The van der Waals surface area contributed by atoms with Crippen molar-refractivity contribution in [3.63, 3.8) is 0 Å². The highest BCUT2D eigenvalue weighted by molar-refractivity contribution is 8.26. The Labute approximate surface area is 150 Å². The van der Waals surface area contributed by atoms with Gasteiger partial charge >= 0.3 is 5.97 Å². The van der Waals surface area contributed by atoms with Crippen molar-refractivity contribution in [3.8, 4) is 5.75 Å². The lowest BCUT2D eigenvalue weighted by atomic mass is 10.1. The number of thioether (sulfide) groups is 1. The molecule has 0 aromatic heterocycles. The van der Waals surface area contributed by atoms with E-state index in [0.29, 0.717) is 23.7 Å². The van der Waals surface area contributed by atoms with Crippen LogP contribution in [0.3, 0.4) is 0 Å². The molecule has 2 rings (SSSR count). The van der Waals surface area contributed by atoms with Gasteiger partial charge in [-0.25, -0.2) is 4.79 Å². The minimum atomic E-state index is -1.06. The van der Waals surface area contributed by atoms with Crippen LogP contribution in [-0.2, 0) is 9.59 Å². The summed E-state index contributed by atoms with van der Waals surface area (Å²) in [5, 5.41) is 9.24. The molecule has 1 aromatic rings. The van der Waals surface area contributed by atoms with Gasteiger partial charge in [-0.1, -0.05) is 55.7 Å². The summed E-state index contributed by atoms with van der Waals surface area (Å²) < 4.78 is 5.67. The van der Waals surface area contributed by atoms with E-state index in [1.807, 2.05) is 12.1 Å². The van der Waals surface area contributed by atoms with Crippen molar-refractivity contribution in [1.29, 1.82) is 0 Å². The predicted molar refractivity (Wildman–Crippen MR) is 98.9 cm³/mol. The zero-order valence-corrected chi connectivity index (χ0v) is 14.7. The second kappa shape index (κ2) is 8.12. The van der Waals surface area contributed by atoms with E-state index in [1.165, 1.54) is 4.90 Å². The Kier molecular flexibility index (Phi) is 6.16. The van der Waals surface area contributed by atoms with Crippen LogP contribution in [0.2, 0.25) is 0 Å². The summed E-state index contributed by atoms with van der Waals surface area (Å²) in [6.45, 7) is 5.72. The van der Waals surface area contributed by atoms with Crippen LogP contribution < -0.4 is 4.74 Å². The highest BCUT2D eigenvalue weighted by Crippen LogP contribution is 2.34. The first-order valence-corrected chi connectivity index (χ1v) is 8.54. The van der Waals surface area contributed by atoms with Gasteiger partial charge in [-0.3, -0.25) is 9.69 Å². The Morgan fingerprint density at radius 3 is 2.67 bits per heavy atom. The van der Waals surface area contributed by atoms with Crippen LogP contribution in [0.15, 0.2) is 41.8 Å². The van der Waals surface area contributed by atoms with Crippen LogP contribution in [0, 0.1) is 0 Å². The van der Waals surface area contributed by atoms with E-state index >= 15 is 0 Å². The first kappa shape index (κ1) is 18.2. The maximum absolute atomic E-state index is 12.5. The summed E-state index contributed by atoms with van der Waals surface area (Å²) in [6, 6.07) is 6.29. The van der Waals surface area contributed by atoms with Crippen molar-refractivity contribution in [2.75, 3.05) is 6.61 Å². The minimum absolute atomic E-state index is 0.270. The molecule has 0 spiro atoms. The number of hydrogen-bond acceptors (Lipinski definition) is 5. The SMILES string of the molecule is C=CCOc1ccc(/C=C2\SC(=S)N(C(CC)C(=O)O)C2=O)cc1.